The molecule has 0 aliphatic heterocycles. The maximum absolute atomic E-state index is 12.5. The first-order chi connectivity index (χ1) is 7.46. The molecule has 0 spiro atoms. The molecule has 1 aromatic rings. The molecule has 0 fully saturated rings. The summed E-state index contributed by atoms with van der Waals surface area (Å²) in [7, 11) is 0. The van der Waals surface area contributed by atoms with Gasteiger partial charge in [0.1, 0.15) is 0 Å². The molecule has 0 unspecified atom stereocenters. The van der Waals surface area contributed by atoms with Gasteiger partial charge in [-0.15, -0.1) is 0 Å². The van der Waals surface area contributed by atoms with E-state index in [9.17, 15) is 18.0 Å². The molecule has 0 radical (unpaired) electrons. The lowest BCUT2D eigenvalue weighted by Gasteiger charge is -2.10. The average molecular weight is 232 g/mol. The van der Waals surface area contributed by atoms with Gasteiger partial charge in [-0.2, -0.15) is 13.2 Å². The second-order valence-corrected chi connectivity index (χ2v) is 3.23. The van der Waals surface area contributed by atoms with Crippen molar-refractivity contribution in [3.8, 4) is 0 Å². The first-order valence-electron chi connectivity index (χ1n) is 4.71. The number of carbonyl (C=O) groups is 1. The highest BCUT2D eigenvalue weighted by Gasteiger charge is 2.34. The van der Waals surface area contributed by atoms with E-state index in [0.29, 0.717) is 6.42 Å². The quantitative estimate of drug-likeness (QED) is 0.808. The van der Waals surface area contributed by atoms with Crippen LogP contribution in [0.3, 0.4) is 0 Å². The van der Waals surface area contributed by atoms with Crippen molar-refractivity contribution >= 4 is 5.78 Å². The van der Waals surface area contributed by atoms with Crippen molar-refractivity contribution in [3.63, 3.8) is 0 Å². The molecule has 0 saturated heterocycles. The van der Waals surface area contributed by atoms with Crippen LogP contribution in [0, 0.1) is 0 Å². The van der Waals surface area contributed by atoms with Crippen molar-refractivity contribution in [1.29, 1.82) is 0 Å². The normalized spacial score (nSPS) is 11.5. The van der Waals surface area contributed by atoms with Crippen LogP contribution in [-0.2, 0) is 6.18 Å². The summed E-state index contributed by atoms with van der Waals surface area (Å²) in [6.45, 7) is 0.271. The molecule has 0 amide bonds. The molecule has 0 aromatic carbocycles. The molecule has 6 heteroatoms. The van der Waals surface area contributed by atoms with Gasteiger partial charge in [0.25, 0.3) is 0 Å². The van der Waals surface area contributed by atoms with E-state index in [2.05, 4.69) is 4.98 Å². The standard InChI is InChI=1S/C10H11F3N2O/c11-10(12,13)8-3-5-15-6-7(8)9(16)2-1-4-14/h3,5-6H,1-2,4,14H2. The molecule has 2 N–H and O–H groups in total. The Hall–Kier alpha value is -1.43. The van der Waals surface area contributed by atoms with E-state index >= 15 is 0 Å². The first-order valence-corrected chi connectivity index (χ1v) is 4.71. The zero-order valence-corrected chi connectivity index (χ0v) is 8.42. The van der Waals surface area contributed by atoms with Gasteiger partial charge in [0.15, 0.2) is 5.78 Å². The van der Waals surface area contributed by atoms with Crippen LogP contribution in [0.15, 0.2) is 18.5 Å². The van der Waals surface area contributed by atoms with Crippen LogP contribution < -0.4 is 5.73 Å². The number of pyridine rings is 1. The number of hydrogen-bond donors (Lipinski definition) is 1. The largest absolute Gasteiger partial charge is 0.417 e. The molecular formula is C10H11F3N2O. The van der Waals surface area contributed by atoms with Crippen LogP contribution in [0.25, 0.3) is 0 Å². The number of halogens is 3. The minimum atomic E-state index is -4.53. The number of rotatable bonds is 4. The van der Waals surface area contributed by atoms with Gasteiger partial charge in [0.2, 0.25) is 0 Å². The van der Waals surface area contributed by atoms with Crippen LogP contribution in [0.1, 0.15) is 28.8 Å². The fourth-order valence-electron chi connectivity index (χ4n) is 1.26. The molecular weight excluding hydrogens is 221 g/mol. The number of hydrogen-bond acceptors (Lipinski definition) is 3. The third kappa shape index (κ3) is 3.03. The molecule has 0 saturated carbocycles. The van der Waals surface area contributed by atoms with Crippen LogP contribution in [0.5, 0.6) is 0 Å². The lowest BCUT2D eigenvalue weighted by molar-refractivity contribution is -0.138. The van der Waals surface area contributed by atoms with E-state index in [1.54, 1.807) is 0 Å². The third-order valence-electron chi connectivity index (χ3n) is 2.03. The molecule has 0 atom stereocenters. The summed E-state index contributed by atoms with van der Waals surface area (Å²) < 4.78 is 37.6. The number of carbonyl (C=O) groups excluding carboxylic acids is 1. The van der Waals surface area contributed by atoms with E-state index in [0.717, 1.165) is 18.5 Å². The van der Waals surface area contributed by atoms with Gasteiger partial charge in [-0.1, -0.05) is 0 Å². The molecule has 0 bridgehead atoms. The minimum absolute atomic E-state index is 0.00523. The smallest absolute Gasteiger partial charge is 0.330 e. The highest BCUT2D eigenvalue weighted by molar-refractivity contribution is 5.97. The fraction of sp³-hybridized carbons (Fsp3) is 0.400. The first kappa shape index (κ1) is 12.6. The Balaban J connectivity index is 3.00. The lowest BCUT2D eigenvalue weighted by atomic mass is 10.0. The van der Waals surface area contributed by atoms with Crippen molar-refractivity contribution in [2.75, 3.05) is 6.54 Å². The maximum Gasteiger partial charge on any atom is 0.417 e. The Morgan fingerprint density at radius 2 is 2.12 bits per heavy atom. The van der Waals surface area contributed by atoms with Gasteiger partial charge in [0, 0.05) is 24.4 Å². The van der Waals surface area contributed by atoms with Crippen molar-refractivity contribution in [2.45, 2.75) is 19.0 Å². The summed E-state index contributed by atoms with van der Waals surface area (Å²) in [6, 6.07) is 0.801. The Bertz CT molecular complexity index is 377. The predicted molar refractivity (Wildman–Crippen MR) is 51.9 cm³/mol. The second-order valence-electron chi connectivity index (χ2n) is 3.23. The topological polar surface area (TPSA) is 56.0 Å². The van der Waals surface area contributed by atoms with Crippen molar-refractivity contribution in [3.05, 3.63) is 29.6 Å². The highest BCUT2D eigenvalue weighted by atomic mass is 19.4. The van der Waals surface area contributed by atoms with Crippen molar-refractivity contribution in [1.82, 2.24) is 4.98 Å². The number of nitrogens with zero attached hydrogens (tertiary/aromatic N) is 1. The van der Waals surface area contributed by atoms with Crippen molar-refractivity contribution in [2.24, 2.45) is 5.73 Å². The second kappa shape index (κ2) is 5.07. The van der Waals surface area contributed by atoms with Gasteiger partial charge < -0.3 is 5.73 Å². The molecule has 1 heterocycles. The van der Waals surface area contributed by atoms with Gasteiger partial charge >= 0.3 is 6.18 Å². The van der Waals surface area contributed by atoms with Crippen LogP contribution in [-0.4, -0.2) is 17.3 Å². The number of ketones is 1. The van der Waals surface area contributed by atoms with Gasteiger partial charge in [0.05, 0.1) is 5.56 Å². The molecule has 1 rings (SSSR count). The molecule has 1 aromatic heterocycles. The summed E-state index contributed by atoms with van der Waals surface area (Å²) in [5, 5.41) is 0. The monoisotopic (exact) mass is 232 g/mol. The number of nitrogens with two attached hydrogens (primary N) is 1. The summed E-state index contributed by atoms with van der Waals surface area (Å²) in [4.78, 5) is 15.0. The molecule has 3 nitrogen and oxygen atoms in total. The Labute approximate surface area is 90.5 Å². The van der Waals surface area contributed by atoms with Crippen molar-refractivity contribution < 1.29 is 18.0 Å². The molecule has 0 aliphatic carbocycles. The average Bonchev–Trinajstić information content (AvgIpc) is 2.24. The Kier molecular flexibility index (Phi) is 4.00. The molecule has 0 aliphatic rings. The maximum atomic E-state index is 12.5. The van der Waals surface area contributed by atoms with Crippen LogP contribution in [0.2, 0.25) is 0 Å². The summed E-state index contributed by atoms with van der Waals surface area (Å²) in [5.74, 6) is -0.578. The number of alkyl halides is 3. The fourth-order valence-corrected chi connectivity index (χ4v) is 1.26. The summed E-state index contributed by atoms with van der Waals surface area (Å²) in [6.07, 6.45) is -2.20. The predicted octanol–water partition coefficient (Wildman–Crippen LogP) is 2.02. The van der Waals surface area contributed by atoms with Gasteiger partial charge in [-0.25, -0.2) is 0 Å². The zero-order valence-electron chi connectivity index (χ0n) is 8.42. The molecule has 16 heavy (non-hydrogen) atoms. The minimum Gasteiger partial charge on any atom is -0.330 e. The third-order valence-corrected chi connectivity index (χ3v) is 2.03. The van der Waals surface area contributed by atoms with E-state index < -0.39 is 17.5 Å². The van der Waals surface area contributed by atoms with Gasteiger partial charge in [-0.05, 0) is 19.0 Å². The summed E-state index contributed by atoms with van der Waals surface area (Å²) in [5.41, 5.74) is 3.86. The van der Waals surface area contributed by atoms with E-state index in [1.165, 1.54) is 0 Å². The zero-order chi connectivity index (χ0) is 12.2. The van der Waals surface area contributed by atoms with E-state index in [-0.39, 0.29) is 18.5 Å². The Morgan fingerprint density at radius 1 is 1.44 bits per heavy atom. The highest BCUT2D eigenvalue weighted by Crippen LogP contribution is 2.31. The van der Waals surface area contributed by atoms with Gasteiger partial charge in [-0.3, -0.25) is 9.78 Å². The molecule has 88 valence electrons. The summed E-state index contributed by atoms with van der Waals surface area (Å²) >= 11 is 0. The lowest BCUT2D eigenvalue weighted by Crippen LogP contribution is -2.14. The number of aromatic nitrogens is 1. The Morgan fingerprint density at radius 3 is 2.69 bits per heavy atom. The number of Topliss-reactive ketones (excluding diaryl/α,β-unsaturated/α-hetero) is 1. The SMILES string of the molecule is NCCCC(=O)c1cnccc1C(F)(F)F. The van der Waals surface area contributed by atoms with E-state index in [4.69, 9.17) is 5.73 Å². The van der Waals surface area contributed by atoms with E-state index in [1.807, 2.05) is 0 Å². The van der Waals surface area contributed by atoms with Crippen LogP contribution >= 0.6 is 0 Å². The van der Waals surface area contributed by atoms with Crippen LogP contribution in [0.4, 0.5) is 13.2 Å².